The van der Waals surface area contributed by atoms with Gasteiger partial charge in [-0.2, -0.15) is 0 Å². The van der Waals surface area contributed by atoms with Crippen LogP contribution in [0, 0.1) is 0 Å². The topological polar surface area (TPSA) is 58.1 Å². The number of carbonyl (C=O) groups excluding carboxylic acids is 1. The summed E-state index contributed by atoms with van der Waals surface area (Å²) in [7, 11) is 0. The lowest BCUT2D eigenvalue weighted by atomic mass is 10.0. The van der Waals surface area contributed by atoms with Crippen LogP contribution in [0.5, 0.6) is 0 Å². The fourth-order valence-corrected chi connectivity index (χ4v) is 2.82. The van der Waals surface area contributed by atoms with Gasteiger partial charge in [0.1, 0.15) is 0 Å². The molecule has 0 bridgehead atoms. The number of hydrogen-bond donors (Lipinski definition) is 1. The minimum absolute atomic E-state index is 0.0763. The van der Waals surface area contributed by atoms with Crippen LogP contribution in [0.4, 0.5) is 0 Å². The largest absolute Gasteiger partial charge is 0.333 e. The number of nitrogens with zero attached hydrogens (tertiary/aromatic N) is 3. The number of amides is 1. The molecule has 0 aliphatic carbocycles. The van der Waals surface area contributed by atoms with Gasteiger partial charge in [0, 0.05) is 50.8 Å². The van der Waals surface area contributed by atoms with E-state index in [9.17, 15) is 4.79 Å². The number of aryl methyl sites for hydroxylation is 1. The van der Waals surface area contributed by atoms with Gasteiger partial charge in [-0.1, -0.05) is 6.07 Å². The van der Waals surface area contributed by atoms with E-state index >= 15 is 0 Å². The molecular weight excluding hydrogens is 276 g/mol. The van der Waals surface area contributed by atoms with E-state index in [1.807, 2.05) is 35.4 Å². The summed E-state index contributed by atoms with van der Waals surface area (Å²) in [5.41, 5.74) is 2.24. The molecule has 22 heavy (non-hydrogen) atoms. The lowest BCUT2D eigenvalue weighted by molar-refractivity contribution is -0.134. The molecule has 114 valence electrons. The van der Waals surface area contributed by atoms with Gasteiger partial charge in [0.15, 0.2) is 0 Å². The smallest absolute Gasteiger partial charge is 0.223 e. The van der Waals surface area contributed by atoms with Crippen molar-refractivity contribution in [1.82, 2.24) is 20.2 Å². The van der Waals surface area contributed by atoms with Gasteiger partial charge in [-0.25, -0.2) is 0 Å². The van der Waals surface area contributed by atoms with Crippen LogP contribution in [0.1, 0.15) is 23.6 Å². The molecule has 1 unspecified atom stereocenters. The highest BCUT2D eigenvalue weighted by Crippen LogP contribution is 2.22. The van der Waals surface area contributed by atoms with E-state index in [0.29, 0.717) is 6.42 Å². The molecule has 0 saturated carbocycles. The van der Waals surface area contributed by atoms with Gasteiger partial charge in [-0.15, -0.1) is 0 Å². The Morgan fingerprint density at radius 1 is 1.23 bits per heavy atom. The predicted molar refractivity (Wildman–Crippen MR) is 84.1 cm³/mol. The summed E-state index contributed by atoms with van der Waals surface area (Å²) in [6.45, 7) is 2.37. The number of nitrogens with one attached hydrogen (secondary N) is 1. The van der Waals surface area contributed by atoms with E-state index in [0.717, 1.165) is 37.2 Å². The highest BCUT2D eigenvalue weighted by Gasteiger charge is 2.27. The van der Waals surface area contributed by atoms with Gasteiger partial charge in [-0.3, -0.25) is 14.8 Å². The summed E-state index contributed by atoms with van der Waals surface area (Å²) in [4.78, 5) is 22.8. The molecule has 0 aromatic carbocycles. The normalized spacial score (nSPS) is 18.2. The SMILES string of the molecule is O=C(CCc1ccncc1)N1CCNCC1c1cccnc1. The second-order valence-corrected chi connectivity index (χ2v) is 5.45. The third-order valence-electron chi connectivity index (χ3n) is 4.01. The van der Waals surface area contributed by atoms with Crippen LogP contribution >= 0.6 is 0 Å². The van der Waals surface area contributed by atoms with Crippen LogP contribution in [-0.4, -0.2) is 40.4 Å². The first kappa shape index (κ1) is 14.7. The van der Waals surface area contributed by atoms with E-state index in [4.69, 9.17) is 0 Å². The van der Waals surface area contributed by atoms with Gasteiger partial charge in [0.05, 0.1) is 6.04 Å². The quantitative estimate of drug-likeness (QED) is 0.930. The number of rotatable bonds is 4. The minimum atomic E-state index is 0.0763. The third-order valence-corrected chi connectivity index (χ3v) is 4.01. The molecule has 0 spiro atoms. The maximum atomic E-state index is 12.6. The number of carbonyl (C=O) groups is 1. The van der Waals surface area contributed by atoms with Crippen molar-refractivity contribution in [3.05, 3.63) is 60.2 Å². The molecule has 2 aromatic rings. The van der Waals surface area contributed by atoms with E-state index in [1.54, 1.807) is 18.6 Å². The fraction of sp³-hybridized carbons (Fsp3) is 0.353. The number of hydrogen-bond acceptors (Lipinski definition) is 4. The van der Waals surface area contributed by atoms with Crippen molar-refractivity contribution < 1.29 is 4.79 Å². The first-order valence-corrected chi connectivity index (χ1v) is 7.63. The highest BCUT2D eigenvalue weighted by molar-refractivity contribution is 5.77. The first-order chi connectivity index (χ1) is 10.8. The molecule has 1 amide bonds. The third kappa shape index (κ3) is 3.49. The minimum Gasteiger partial charge on any atom is -0.333 e. The zero-order chi connectivity index (χ0) is 15.2. The molecule has 3 heterocycles. The Bertz CT molecular complexity index is 603. The van der Waals surface area contributed by atoms with E-state index in [-0.39, 0.29) is 11.9 Å². The second-order valence-electron chi connectivity index (χ2n) is 5.45. The van der Waals surface area contributed by atoms with E-state index in [1.165, 1.54) is 0 Å². The zero-order valence-electron chi connectivity index (χ0n) is 12.5. The lowest BCUT2D eigenvalue weighted by Gasteiger charge is -2.36. The average molecular weight is 296 g/mol. The highest BCUT2D eigenvalue weighted by atomic mass is 16.2. The van der Waals surface area contributed by atoms with Crippen LogP contribution in [-0.2, 0) is 11.2 Å². The molecule has 1 saturated heterocycles. The van der Waals surface area contributed by atoms with Crippen molar-refractivity contribution in [3.8, 4) is 0 Å². The molecular formula is C17H20N4O. The maximum absolute atomic E-state index is 12.6. The summed E-state index contributed by atoms with van der Waals surface area (Å²) in [6.07, 6.45) is 8.42. The first-order valence-electron chi connectivity index (χ1n) is 7.63. The van der Waals surface area contributed by atoms with Crippen LogP contribution in [0.3, 0.4) is 0 Å². The monoisotopic (exact) mass is 296 g/mol. The van der Waals surface area contributed by atoms with Gasteiger partial charge in [-0.05, 0) is 35.7 Å². The van der Waals surface area contributed by atoms with Gasteiger partial charge in [0.25, 0.3) is 0 Å². The Labute approximate surface area is 130 Å². The molecule has 5 heteroatoms. The number of aromatic nitrogens is 2. The molecule has 1 fully saturated rings. The molecule has 3 rings (SSSR count). The zero-order valence-corrected chi connectivity index (χ0v) is 12.5. The Morgan fingerprint density at radius 3 is 2.86 bits per heavy atom. The molecule has 1 atom stereocenters. The maximum Gasteiger partial charge on any atom is 0.223 e. The van der Waals surface area contributed by atoms with Crippen LogP contribution in [0.2, 0.25) is 0 Å². The molecule has 1 aliphatic heterocycles. The van der Waals surface area contributed by atoms with Crippen LogP contribution in [0.15, 0.2) is 49.1 Å². The van der Waals surface area contributed by atoms with Crippen LogP contribution in [0.25, 0.3) is 0 Å². The van der Waals surface area contributed by atoms with E-state index < -0.39 is 0 Å². The van der Waals surface area contributed by atoms with Gasteiger partial charge in [0.2, 0.25) is 5.91 Å². The molecule has 1 N–H and O–H groups in total. The fourth-order valence-electron chi connectivity index (χ4n) is 2.82. The Morgan fingerprint density at radius 2 is 2.09 bits per heavy atom. The lowest BCUT2D eigenvalue weighted by Crippen LogP contribution is -2.48. The van der Waals surface area contributed by atoms with Crippen molar-refractivity contribution in [2.75, 3.05) is 19.6 Å². The standard InChI is InChI=1S/C17H20N4O/c22-17(4-3-14-5-8-18-9-6-14)21-11-10-20-13-16(21)15-2-1-7-19-12-15/h1-2,5-9,12,16,20H,3-4,10-11,13H2. The second kappa shape index (κ2) is 7.13. The summed E-state index contributed by atoms with van der Waals surface area (Å²) in [5, 5.41) is 3.36. The summed E-state index contributed by atoms with van der Waals surface area (Å²) >= 11 is 0. The van der Waals surface area contributed by atoms with Crippen molar-refractivity contribution in [2.45, 2.75) is 18.9 Å². The summed E-state index contributed by atoms with van der Waals surface area (Å²) in [5.74, 6) is 0.201. The Balaban J connectivity index is 1.66. The average Bonchev–Trinajstić information content (AvgIpc) is 2.61. The Hall–Kier alpha value is -2.27. The summed E-state index contributed by atoms with van der Waals surface area (Å²) < 4.78 is 0. The van der Waals surface area contributed by atoms with Crippen molar-refractivity contribution >= 4 is 5.91 Å². The number of pyridine rings is 2. The molecule has 2 aromatic heterocycles. The van der Waals surface area contributed by atoms with Crippen molar-refractivity contribution in [2.24, 2.45) is 0 Å². The summed E-state index contributed by atoms with van der Waals surface area (Å²) in [6, 6.07) is 7.96. The molecule has 5 nitrogen and oxygen atoms in total. The predicted octanol–water partition coefficient (Wildman–Crippen LogP) is 1.58. The van der Waals surface area contributed by atoms with Crippen molar-refractivity contribution in [3.63, 3.8) is 0 Å². The Kier molecular flexibility index (Phi) is 4.75. The van der Waals surface area contributed by atoms with Gasteiger partial charge >= 0.3 is 0 Å². The van der Waals surface area contributed by atoms with Gasteiger partial charge < -0.3 is 10.2 Å². The van der Waals surface area contributed by atoms with Crippen LogP contribution < -0.4 is 5.32 Å². The molecule has 1 aliphatic rings. The van der Waals surface area contributed by atoms with Crippen molar-refractivity contribution in [1.29, 1.82) is 0 Å². The number of piperazine rings is 1. The van der Waals surface area contributed by atoms with E-state index in [2.05, 4.69) is 15.3 Å². The molecule has 0 radical (unpaired) electrons.